The summed E-state index contributed by atoms with van der Waals surface area (Å²) < 4.78 is 0. The molecular formula is C38H35NO5. The van der Waals surface area contributed by atoms with Crippen molar-refractivity contribution >= 4 is 29.0 Å². The van der Waals surface area contributed by atoms with E-state index in [2.05, 4.69) is 6.08 Å². The van der Waals surface area contributed by atoms with Gasteiger partial charge in [-0.1, -0.05) is 84.4 Å². The van der Waals surface area contributed by atoms with Crippen molar-refractivity contribution in [3.05, 3.63) is 119 Å². The van der Waals surface area contributed by atoms with E-state index >= 15 is 0 Å². The highest BCUT2D eigenvalue weighted by atomic mass is 16.3. The van der Waals surface area contributed by atoms with E-state index in [0.29, 0.717) is 17.6 Å². The van der Waals surface area contributed by atoms with Crippen molar-refractivity contribution in [1.29, 1.82) is 0 Å². The number of fused-ring (bicyclic) bond motifs is 4. The van der Waals surface area contributed by atoms with Gasteiger partial charge in [0.25, 0.3) is 0 Å². The summed E-state index contributed by atoms with van der Waals surface area (Å²) in [4.78, 5) is 59.0. The van der Waals surface area contributed by atoms with Crippen LogP contribution in [-0.2, 0) is 24.6 Å². The van der Waals surface area contributed by atoms with Crippen LogP contribution in [0.4, 0.5) is 0 Å². The number of phenols is 1. The molecule has 1 heterocycles. The number of hydrogen-bond donors (Lipinski definition) is 1. The first-order valence-electron chi connectivity index (χ1n) is 15.3. The van der Waals surface area contributed by atoms with Crippen LogP contribution in [0.2, 0.25) is 0 Å². The van der Waals surface area contributed by atoms with Crippen molar-refractivity contribution < 1.29 is 24.3 Å². The Bertz CT molecular complexity index is 1750. The molecule has 0 spiro atoms. The van der Waals surface area contributed by atoms with E-state index in [1.54, 1.807) is 12.1 Å². The third kappa shape index (κ3) is 3.93. The highest BCUT2D eigenvalue weighted by molar-refractivity contribution is 6.31. The second-order valence-corrected chi connectivity index (χ2v) is 13.6. The molecule has 3 aromatic carbocycles. The summed E-state index contributed by atoms with van der Waals surface area (Å²) in [6.07, 6.45) is 4.26. The second kappa shape index (κ2) is 9.98. The zero-order valence-corrected chi connectivity index (χ0v) is 25.1. The summed E-state index contributed by atoms with van der Waals surface area (Å²) in [6, 6.07) is 25.6. The number of imide groups is 1. The molecule has 1 aliphatic heterocycles. The summed E-state index contributed by atoms with van der Waals surface area (Å²) in [6.45, 7) is 5.61. The molecule has 6 heteroatoms. The third-order valence-corrected chi connectivity index (χ3v) is 10.3. The van der Waals surface area contributed by atoms with Gasteiger partial charge < -0.3 is 5.11 Å². The molecule has 6 nitrogen and oxygen atoms in total. The molecule has 3 aliphatic carbocycles. The van der Waals surface area contributed by atoms with Crippen molar-refractivity contribution in [3.63, 3.8) is 0 Å². The van der Waals surface area contributed by atoms with Crippen LogP contribution < -0.4 is 0 Å². The highest BCUT2D eigenvalue weighted by Gasteiger charge is 2.66. The standard InChI is InChI=1S/C38H35NO5/c1-37(2,3)39-35(43)27-19-18-26-29(32(27)36(39)44)20-30-34(42)28(22-10-6-4-7-11-22)21-31(41)38(30,24-12-8-5-9-13-24)33(26)23-14-16-25(40)17-15-23/h4-18,21,27,29-30,32-33,40H,19-20H2,1-3H3. The number of benzene rings is 3. The normalized spacial score (nSPS) is 29.9. The lowest BCUT2D eigenvalue weighted by Gasteiger charge is -2.55. The van der Waals surface area contributed by atoms with Gasteiger partial charge in [0, 0.05) is 22.9 Å². The van der Waals surface area contributed by atoms with Crippen LogP contribution >= 0.6 is 0 Å². The predicted octanol–water partition coefficient (Wildman–Crippen LogP) is 6.02. The summed E-state index contributed by atoms with van der Waals surface area (Å²) >= 11 is 0. The van der Waals surface area contributed by atoms with E-state index < -0.39 is 40.5 Å². The van der Waals surface area contributed by atoms with Gasteiger partial charge in [-0.05, 0) is 74.4 Å². The number of aromatic hydroxyl groups is 1. The lowest BCUT2D eigenvalue weighted by Crippen LogP contribution is -2.58. The maximum absolute atomic E-state index is 14.9. The van der Waals surface area contributed by atoms with Crippen LogP contribution in [0.5, 0.6) is 5.75 Å². The summed E-state index contributed by atoms with van der Waals surface area (Å²) in [5.74, 6) is -3.42. The summed E-state index contributed by atoms with van der Waals surface area (Å²) in [5.41, 5.74) is 1.57. The first-order valence-corrected chi connectivity index (χ1v) is 15.3. The van der Waals surface area contributed by atoms with Gasteiger partial charge >= 0.3 is 0 Å². The van der Waals surface area contributed by atoms with Gasteiger partial charge in [0.15, 0.2) is 11.6 Å². The highest BCUT2D eigenvalue weighted by Crippen LogP contribution is 2.63. The molecule has 0 radical (unpaired) electrons. The molecule has 3 aromatic rings. The molecule has 6 atom stereocenters. The minimum atomic E-state index is -1.27. The molecule has 6 unspecified atom stereocenters. The number of Topliss-reactive ketones (excluding diaryl/α,β-unsaturated/α-hetero) is 1. The molecule has 1 N–H and O–H groups in total. The molecule has 2 fully saturated rings. The van der Waals surface area contributed by atoms with Crippen LogP contribution in [0.1, 0.15) is 56.2 Å². The predicted molar refractivity (Wildman–Crippen MR) is 166 cm³/mol. The van der Waals surface area contributed by atoms with E-state index in [-0.39, 0.29) is 35.6 Å². The molecule has 0 aromatic heterocycles. The van der Waals surface area contributed by atoms with E-state index in [0.717, 1.165) is 16.7 Å². The average Bonchev–Trinajstić information content (AvgIpc) is 3.29. The smallest absolute Gasteiger partial charge is 0.234 e. The topological polar surface area (TPSA) is 91.8 Å². The van der Waals surface area contributed by atoms with Crippen LogP contribution in [0, 0.1) is 23.7 Å². The Morgan fingerprint density at radius 2 is 1.43 bits per heavy atom. The molecular weight excluding hydrogens is 550 g/mol. The van der Waals surface area contributed by atoms with Crippen molar-refractivity contribution in [3.8, 4) is 5.75 Å². The average molecular weight is 586 g/mol. The van der Waals surface area contributed by atoms with E-state index in [1.165, 1.54) is 11.0 Å². The number of likely N-dealkylation sites (tertiary alicyclic amines) is 1. The number of ketones is 2. The monoisotopic (exact) mass is 585 g/mol. The first kappa shape index (κ1) is 28.2. The lowest BCUT2D eigenvalue weighted by molar-refractivity contribution is -0.145. The lowest BCUT2D eigenvalue weighted by atomic mass is 9.44. The summed E-state index contributed by atoms with van der Waals surface area (Å²) in [7, 11) is 0. The van der Waals surface area contributed by atoms with Gasteiger partial charge in [0.2, 0.25) is 11.8 Å². The number of carbonyl (C=O) groups is 4. The molecule has 7 rings (SSSR count). The van der Waals surface area contributed by atoms with Gasteiger partial charge in [-0.2, -0.15) is 0 Å². The Kier molecular flexibility index (Phi) is 6.40. The Morgan fingerprint density at radius 3 is 2.07 bits per heavy atom. The van der Waals surface area contributed by atoms with E-state index in [4.69, 9.17) is 0 Å². The van der Waals surface area contributed by atoms with Gasteiger partial charge in [-0.25, -0.2) is 0 Å². The fourth-order valence-electron chi connectivity index (χ4n) is 8.58. The Hall–Kier alpha value is -4.58. The Balaban J connectivity index is 1.49. The third-order valence-electron chi connectivity index (χ3n) is 10.3. The van der Waals surface area contributed by atoms with Crippen LogP contribution in [0.3, 0.4) is 0 Å². The fourth-order valence-corrected chi connectivity index (χ4v) is 8.58. The molecule has 4 aliphatic rings. The van der Waals surface area contributed by atoms with Gasteiger partial charge in [-0.15, -0.1) is 0 Å². The zero-order valence-electron chi connectivity index (χ0n) is 25.1. The quantitative estimate of drug-likeness (QED) is 0.300. The Morgan fingerprint density at radius 1 is 0.795 bits per heavy atom. The van der Waals surface area contributed by atoms with Gasteiger partial charge in [0.05, 0.1) is 17.3 Å². The maximum Gasteiger partial charge on any atom is 0.234 e. The minimum absolute atomic E-state index is 0.0961. The molecule has 2 amide bonds. The Labute approximate surface area is 257 Å². The van der Waals surface area contributed by atoms with Crippen molar-refractivity contribution in [2.75, 3.05) is 0 Å². The zero-order chi connectivity index (χ0) is 31.0. The van der Waals surface area contributed by atoms with Gasteiger partial charge in [-0.3, -0.25) is 24.1 Å². The molecule has 222 valence electrons. The number of hydrogen-bond acceptors (Lipinski definition) is 5. The SMILES string of the molecule is CC(C)(C)N1C(=O)C2CC=C3C(CC4C(=O)C(c5ccccc5)=CC(=O)C4(c4ccccc4)C3c3ccc(O)cc3)C2C1=O. The van der Waals surface area contributed by atoms with E-state index in [1.807, 2.05) is 93.6 Å². The number of nitrogens with zero attached hydrogens (tertiary/aromatic N) is 1. The summed E-state index contributed by atoms with van der Waals surface area (Å²) in [5, 5.41) is 10.2. The molecule has 0 bridgehead atoms. The molecule has 44 heavy (non-hydrogen) atoms. The van der Waals surface area contributed by atoms with Crippen LogP contribution in [-0.4, -0.2) is 38.9 Å². The van der Waals surface area contributed by atoms with Crippen LogP contribution in [0.25, 0.3) is 5.57 Å². The van der Waals surface area contributed by atoms with E-state index in [9.17, 15) is 24.3 Å². The van der Waals surface area contributed by atoms with Crippen molar-refractivity contribution in [2.24, 2.45) is 23.7 Å². The molecule has 1 saturated carbocycles. The fraction of sp³-hybridized carbons (Fsp3) is 0.316. The number of allylic oxidation sites excluding steroid dienone is 4. The van der Waals surface area contributed by atoms with Gasteiger partial charge in [0.1, 0.15) is 5.75 Å². The number of carbonyl (C=O) groups excluding carboxylic acids is 4. The maximum atomic E-state index is 14.9. The minimum Gasteiger partial charge on any atom is -0.508 e. The molecule has 1 saturated heterocycles. The van der Waals surface area contributed by atoms with Crippen molar-refractivity contribution in [2.45, 2.75) is 50.5 Å². The van der Waals surface area contributed by atoms with Crippen LogP contribution in [0.15, 0.2) is 103 Å². The van der Waals surface area contributed by atoms with Crippen molar-refractivity contribution in [1.82, 2.24) is 4.90 Å². The number of amides is 2. The number of phenolic OH excluding ortho intramolecular Hbond substituents is 1. The largest absolute Gasteiger partial charge is 0.508 e. The number of rotatable bonds is 3. The first-order chi connectivity index (χ1) is 21.0. The second-order valence-electron chi connectivity index (χ2n) is 13.6.